The second-order valence-corrected chi connectivity index (χ2v) is 4.13. The Kier molecular flexibility index (Phi) is 5.04. The Morgan fingerprint density at radius 1 is 1.33 bits per heavy atom. The number of nitrogens with one attached hydrogen (secondary N) is 3. The lowest BCUT2D eigenvalue weighted by Crippen LogP contribution is -2.38. The molecule has 1 aromatic rings. The third-order valence-corrected chi connectivity index (χ3v) is 2.50. The van der Waals surface area contributed by atoms with Gasteiger partial charge in [-0.3, -0.25) is 14.6 Å². The molecule has 0 spiro atoms. The van der Waals surface area contributed by atoms with Crippen LogP contribution in [0, 0.1) is 5.82 Å². The summed E-state index contributed by atoms with van der Waals surface area (Å²) in [6, 6.07) is 5.28. The summed E-state index contributed by atoms with van der Waals surface area (Å²) in [6.07, 6.45) is 1.58. The number of amides is 1. The number of hydrazine groups is 2. The molecular formula is C12H14FN5O3. The maximum absolute atomic E-state index is 12.7. The zero-order valence-electron chi connectivity index (χ0n) is 11.0. The average molecular weight is 295 g/mol. The van der Waals surface area contributed by atoms with E-state index < -0.39 is 24.3 Å². The maximum Gasteiger partial charge on any atom is 0.308 e. The molecule has 9 heteroatoms. The predicted molar refractivity (Wildman–Crippen MR) is 72.1 cm³/mol. The average Bonchev–Trinajstić information content (AvgIpc) is 2.99. The van der Waals surface area contributed by atoms with Crippen LogP contribution in [0.3, 0.4) is 0 Å². The number of carbonyl (C=O) groups is 2. The second-order valence-electron chi connectivity index (χ2n) is 4.13. The third kappa shape index (κ3) is 5.07. The number of esters is 1. The molecule has 1 amide bonds. The van der Waals surface area contributed by atoms with Gasteiger partial charge in [-0.25, -0.2) is 9.93 Å². The minimum absolute atomic E-state index is 0.102. The van der Waals surface area contributed by atoms with Crippen molar-refractivity contribution in [1.82, 2.24) is 16.1 Å². The van der Waals surface area contributed by atoms with E-state index in [1.165, 1.54) is 30.6 Å². The monoisotopic (exact) mass is 295 g/mol. The first-order valence-electron chi connectivity index (χ1n) is 6.15. The summed E-state index contributed by atoms with van der Waals surface area (Å²) in [7, 11) is 0. The quantitative estimate of drug-likeness (QED) is 0.638. The summed E-state index contributed by atoms with van der Waals surface area (Å²) in [5, 5.41) is 7.71. The van der Waals surface area contributed by atoms with Crippen LogP contribution in [0.15, 0.2) is 29.4 Å². The van der Waals surface area contributed by atoms with Gasteiger partial charge in [0.2, 0.25) is 0 Å². The fourth-order valence-electron chi connectivity index (χ4n) is 1.49. The molecule has 1 aromatic carbocycles. The normalized spacial score (nSPS) is 12.9. The Balaban J connectivity index is 1.64. The molecule has 0 aliphatic carbocycles. The van der Waals surface area contributed by atoms with Crippen LogP contribution in [0.2, 0.25) is 0 Å². The molecule has 8 nitrogen and oxygen atoms in total. The number of benzene rings is 1. The van der Waals surface area contributed by atoms with E-state index in [1.807, 2.05) is 0 Å². The molecule has 0 atom stereocenters. The Morgan fingerprint density at radius 2 is 2.10 bits per heavy atom. The summed E-state index contributed by atoms with van der Waals surface area (Å²) >= 11 is 0. The molecule has 0 saturated carbocycles. The fourth-order valence-corrected chi connectivity index (χ4v) is 1.49. The Bertz CT molecular complexity index is 534. The van der Waals surface area contributed by atoms with E-state index in [0.717, 1.165) is 0 Å². The fraction of sp³-hybridized carbons (Fsp3) is 0.250. The molecule has 0 fully saturated rings. The van der Waals surface area contributed by atoms with Crippen LogP contribution in [-0.2, 0) is 14.3 Å². The number of hydrazone groups is 1. The highest BCUT2D eigenvalue weighted by Crippen LogP contribution is 2.07. The van der Waals surface area contributed by atoms with Crippen LogP contribution in [0.1, 0.15) is 6.42 Å². The first-order chi connectivity index (χ1) is 10.1. The number of rotatable bonds is 6. The lowest BCUT2D eigenvalue weighted by atomic mass is 10.3. The van der Waals surface area contributed by atoms with Gasteiger partial charge in [-0.1, -0.05) is 0 Å². The lowest BCUT2D eigenvalue weighted by Gasteiger charge is -2.12. The summed E-state index contributed by atoms with van der Waals surface area (Å²) in [5.41, 5.74) is 5.57. The molecule has 1 aliphatic rings. The third-order valence-electron chi connectivity index (χ3n) is 2.50. The van der Waals surface area contributed by atoms with Crippen molar-refractivity contribution in [1.29, 1.82) is 0 Å². The number of hydrogen-bond donors (Lipinski definition) is 3. The molecule has 0 aromatic heterocycles. The van der Waals surface area contributed by atoms with E-state index in [2.05, 4.69) is 21.5 Å². The first kappa shape index (κ1) is 14.7. The molecule has 1 aliphatic heterocycles. The molecular weight excluding hydrogens is 281 g/mol. The number of nitrogens with zero attached hydrogens (tertiary/aromatic N) is 2. The highest BCUT2D eigenvalue weighted by atomic mass is 19.1. The Hall–Kier alpha value is -2.68. The highest BCUT2D eigenvalue weighted by molar-refractivity contribution is 5.92. The van der Waals surface area contributed by atoms with E-state index in [-0.39, 0.29) is 6.42 Å². The largest absolute Gasteiger partial charge is 0.456 e. The van der Waals surface area contributed by atoms with Crippen molar-refractivity contribution in [2.45, 2.75) is 6.42 Å². The van der Waals surface area contributed by atoms with Crippen LogP contribution < -0.4 is 16.4 Å². The van der Waals surface area contributed by atoms with Crippen LogP contribution >= 0.6 is 0 Å². The van der Waals surface area contributed by atoms with Crippen LogP contribution in [0.25, 0.3) is 0 Å². The van der Waals surface area contributed by atoms with Crippen LogP contribution in [0.5, 0.6) is 0 Å². The molecule has 21 heavy (non-hydrogen) atoms. The maximum atomic E-state index is 12.7. The first-order valence-corrected chi connectivity index (χ1v) is 6.15. The van der Waals surface area contributed by atoms with E-state index in [1.54, 1.807) is 5.01 Å². The Morgan fingerprint density at radius 3 is 2.76 bits per heavy atom. The summed E-state index contributed by atoms with van der Waals surface area (Å²) < 4.78 is 17.5. The van der Waals surface area contributed by atoms with Gasteiger partial charge in [0.05, 0.1) is 6.42 Å². The van der Waals surface area contributed by atoms with Gasteiger partial charge >= 0.3 is 5.97 Å². The smallest absolute Gasteiger partial charge is 0.308 e. The van der Waals surface area contributed by atoms with Crippen molar-refractivity contribution in [2.24, 2.45) is 5.10 Å². The van der Waals surface area contributed by atoms with E-state index in [4.69, 9.17) is 4.74 Å². The van der Waals surface area contributed by atoms with Gasteiger partial charge in [-0.2, -0.15) is 5.10 Å². The van der Waals surface area contributed by atoms with Gasteiger partial charge in [0, 0.05) is 12.2 Å². The molecule has 0 radical (unpaired) electrons. The number of ether oxygens (including phenoxy) is 1. The van der Waals surface area contributed by atoms with Crippen LogP contribution in [-0.4, -0.2) is 36.4 Å². The van der Waals surface area contributed by atoms with Gasteiger partial charge < -0.3 is 10.1 Å². The number of anilines is 1. The van der Waals surface area contributed by atoms with E-state index >= 15 is 0 Å². The predicted octanol–water partition coefficient (Wildman–Crippen LogP) is -0.0344. The number of halogens is 1. The lowest BCUT2D eigenvalue weighted by molar-refractivity contribution is -0.147. The SMILES string of the molecule is O=C(COC(=O)CCN1C=NNN1)Nc1ccc(F)cc1. The molecule has 0 bridgehead atoms. The van der Waals surface area contributed by atoms with Crippen molar-refractivity contribution >= 4 is 23.9 Å². The van der Waals surface area contributed by atoms with Gasteiger partial charge in [-0.15, -0.1) is 5.53 Å². The topological polar surface area (TPSA) is 95.1 Å². The van der Waals surface area contributed by atoms with Crippen LogP contribution in [0.4, 0.5) is 10.1 Å². The summed E-state index contributed by atoms with van der Waals surface area (Å²) in [4.78, 5) is 23.0. The number of hydrogen-bond acceptors (Lipinski definition) is 7. The zero-order valence-corrected chi connectivity index (χ0v) is 11.0. The standard InChI is InChI=1S/C12H14FN5O3/c13-9-1-3-10(4-2-9)15-11(19)7-21-12(20)5-6-18-8-14-16-17-18/h1-4,8,16-17H,5-7H2,(H,15,19). The zero-order chi connectivity index (χ0) is 15.1. The van der Waals surface area contributed by atoms with Gasteiger partial charge in [-0.05, 0) is 24.3 Å². The molecule has 1 heterocycles. The van der Waals surface area contributed by atoms with E-state index in [9.17, 15) is 14.0 Å². The van der Waals surface area contributed by atoms with Crippen molar-refractivity contribution in [3.63, 3.8) is 0 Å². The summed E-state index contributed by atoms with van der Waals surface area (Å²) in [5.74, 6) is -1.39. The van der Waals surface area contributed by atoms with Crippen molar-refractivity contribution in [3.05, 3.63) is 30.1 Å². The number of carbonyl (C=O) groups excluding carboxylic acids is 2. The van der Waals surface area contributed by atoms with Gasteiger partial charge in [0.15, 0.2) is 6.61 Å². The van der Waals surface area contributed by atoms with Crippen molar-refractivity contribution in [3.8, 4) is 0 Å². The Labute approximate surface area is 119 Å². The van der Waals surface area contributed by atoms with Gasteiger partial charge in [0.25, 0.3) is 5.91 Å². The molecule has 0 unspecified atom stereocenters. The highest BCUT2D eigenvalue weighted by Gasteiger charge is 2.11. The molecule has 3 N–H and O–H groups in total. The van der Waals surface area contributed by atoms with Gasteiger partial charge in [0.1, 0.15) is 12.2 Å². The molecule has 112 valence electrons. The van der Waals surface area contributed by atoms with Crippen molar-refractivity contribution < 1.29 is 18.7 Å². The minimum atomic E-state index is -0.508. The second kappa shape index (κ2) is 7.20. The summed E-state index contributed by atoms with van der Waals surface area (Å²) in [6.45, 7) is -0.0368. The van der Waals surface area contributed by atoms with Crippen molar-refractivity contribution in [2.75, 3.05) is 18.5 Å². The molecule has 0 saturated heterocycles. The van der Waals surface area contributed by atoms with E-state index in [0.29, 0.717) is 12.2 Å². The minimum Gasteiger partial charge on any atom is -0.456 e. The molecule has 2 rings (SSSR count).